The Hall–Kier alpha value is -1.40. The predicted octanol–water partition coefficient (Wildman–Crippen LogP) is 4.36. The number of nitrogens with zero attached hydrogens (tertiary/aromatic N) is 1. The average Bonchev–Trinajstić information content (AvgIpc) is 2.93. The lowest BCUT2D eigenvalue weighted by Crippen LogP contribution is -2.24. The molecule has 6 heteroatoms. The number of aryl methyl sites for hydroxylation is 1. The standard InChI is InChI=1S/C16H20N2O2S2/c1-4-14(16(19)17-15-9-11(2)20-18-15)22-10-12-5-7-13(21-3)8-6-12/h5-9,14H,4,10H2,1-3H3,(H,17,18,19). The molecule has 0 aliphatic rings. The normalized spacial score (nSPS) is 12.1. The first-order valence-corrected chi connectivity index (χ1v) is 9.38. The van der Waals surface area contributed by atoms with E-state index in [0.29, 0.717) is 11.6 Å². The fraction of sp³-hybridized carbons (Fsp3) is 0.375. The fourth-order valence-corrected chi connectivity index (χ4v) is 3.37. The van der Waals surface area contributed by atoms with Crippen LogP contribution in [0.4, 0.5) is 5.82 Å². The summed E-state index contributed by atoms with van der Waals surface area (Å²) in [7, 11) is 0. The predicted molar refractivity (Wildman–Crippen MR) is 93.5 cm³/mol. The van der Waals surface area contributed by atoms with Gasteiger partial charge in [-0.3, -0.25) is 4.79 Å². The highest BCUT2D eigenvalue weighted by Gasteiger charge is 2.18. The van der Waals surface area contributed by atoms with Gasteiger partial charge in [-0.2, -0.15) is 0 Å². The number of thioether (sulfide) groups is 2. The van der Waals surface area contributed by atoms with E-state index in [9.17, 15) is 4.79 Å². The number of rotatable bonds is 7. The molecular weight excluding hydrogens is 316 g/mol. The van der Waals surface area contributed by atoms with Crippen LogP contribution in [0.1, 0.15) is 24.7 Å². The highest BCUT2D eigenvalue weighted by Crippen LogP contribution is 2.23. The van der Waals surface area contributed by atoms with Gasteiger partial charge in [0.1, 0.15) is 5.76 Å². The molecule has 1 unspecified atom stereocenters. The maximum Gasteiger partial charge on any atom is 0.238 e. The summed E-state index contributed by atoms with van der Waals surface area (Å²) in [5.74, 6) is 1.95. The Kier molecular flexibility index (Phi) is 6.39. The van der Waals surface area contributed by atoms with E-state index in [1.807, 2.05) is 6.92 Å². The van der Waals surface area contributed by atoms with Crippen LogP contribution < -0.4 is 5.32 Å². The summed E-state index contributed by atoms with van der Waals surface area (Å²) in [6, 6.07) is 10.2. The molecule has 0 aliphatic carbocycles. The molecule has 0 saturated carbocycles. The van der Waals surface area contributed by atoms with Crippen molar-refractivity contribution in [2.45, 2.75) is 36.2 Å². The van der Waals surface area contributed by atoms with Gasteiger partial charge in [-0.15, -0.1) is 23.5 Å². The maximum atomic E-state index is 12.3. The molecule has 4 nitrogen and oxygen atoms in total. The van der Waals surface area contributed by atoms with E-state index >= 15 is 0 Å². The van der Waals surface area contributed by atoms with Crippen LogP contribution in [0.25, 0.3) is 0 Å². The van der Waals surface area contributed by atoms with E-state index in [1.54, 1.807) is 36.5 Å². The molecular formula is C16H20N2O2S2. The molecule has 1 amide bonds. The minimum Gasteiger partial charge on any atom is -0.360 e. The Bertz CT molecular complexity index is 611. The minimum absolute atomic E-state index is 0.0264. The van der Waals surface area contributed by atoms with Gasteiger partial charge in [0.05, 0.1) is 5.25 Å². The Balaban J connectivity index is 1.89. The molecule has 1 N–H and O–H groups in total. The molecule has 2 aromatic rings. The van der Waals surface area contributed by atoms with Crippen LogP contribution in [0.3, 0.4) is 0 Å². The number of nitrogens with one attached hydrogen (secondary N) is 1. The first kappa shape index (κ1) is 17.0. The highest BCUT2D eigenvalue weighted by molar-refractivity contribution is 7.99. The smallest absolute Gasteiger partial charge is 0.238 e. The lowest BCUT2D eigenvalue weighted by molar-refractivity contribution is -0.115. The van der Waals surface area contributed by atoms with E-state index in [0.717, 1.165) is 12.2 Å². The van der Waals surface area contributed by atoms with Crippen molar-refractivity contribution in [2.75, 3.05) is 11.6 Å². The largest absolute Gasteiger partial charge is 0.360 e. The molecule has 1 aromatic carbocycles. The second kappa shape index (κ2) is 8.29. The van der Waals surface area contributed by atoms with Crippen molar-refractivity contribution in [3.8, 4) is 0 Å². The number of amides is 1. The summed E-state index contributed by atoms with van der Waals surface area (Å²) in [6.07, 6.45) is 2.84. The Morgan fingerprint density at radius 3 is 2.64 bits per heavy atom. The van der Waals surface area contributed by atoms with Crippen LogP contribution in [0.2, 0.25) is 0 Å². The van der Waals surface area contributed by atoms with E-state index in [4.69, 9.17) is 4.52 Å². The molecule has 1 heterocycles. The quantitative estimate of drug-likeness (QED) is 0.762. The number of carbonyl (C=O) groups is 1. The van der Waals surface area contributed by atoms with E-state index in [2.05, 4.69) is 41.0 Å². The zero-order chi connectivity index (χ0) is 15.9. The zero-order valence-electron chi connectivity index (χ0n) is 13.0. The first-order chi connectivity index (χ1) is 10.6. The number of anilines is 1. The maximum absolute atomic E-state index is 12.3. The van der Waals surface area contributed by atoms with Crippen LogP contribution in [0.15, 0.2) is 39.8 Å². The number of hydrogen-bond acceptors (Lipinski definition) is 5. The fourth-order valence-electron chi connectivity index (χ4n) is 1.93. The lowest BCUT2D eigenvalue weighted by atomic mass is 10.2. The van der Waals surface area contributed by atoms with Crippen molar-refractivity contribution in [1.29, 1.82) is 0 Å². The van der Waals surface area contributed by atoms with E-state index in [-0.39, 0.29) is 11.2 Å². The van der Waals surface area contributed by atoms with Crippen LogP contribution in [0.5, 0.6) is 0 Å². The van der Waals surface area contributed by atoms with Crippen LogP contribution in [0, 0.1) is 6.92 Å². The lowest BCUT2D eigenvalue weighted by Gasteiger charge is -2.13. The van der Waals surface area contributed by atoms with Crippen molar-refractivity contribution in [2.24, 2.45) is 0 Å². The topological polar surface area (TPSA) is 55.1 Å². The van der Waals surface area contributed by atoms with E-state index < -0.39 is 0 Å². The second-order valence-corrected chi connectivity index (χ2v) is 6.94. The van der Waals surface area contributed by atoms with E-state index in [1.165, 1.54) is 10.5 Å². The number of aromatic nitrogens is 1. The third kappa shape index (κ3) is 4.81. The summed E-state index contributed by atoms with van der Waals surface area (Å²) >= 11 is 3.37. The molecule has 0 bridgehead atoms. The molecule has 1 atom stereocenters. The number of hydrogen-bond donors (Lipinski definition) is 1. The molecule has 22 heavy (non-hydrogen) atoms. The molecule has 0 saturated heterocycles. The zero-order valence-corrected chi connectivity index (χ0v) is 14.6. The van der Waals surface area contributed by atoms with Crippen molar-refractivity contribution >= 4 is 35.2 Å². The van der Waals surface area contributed by atoms with Gasteiger partial charge in [-0.05, 0) is 37.3 Å². The van der Waals surface area contributed by atoms with Crippen LogP contribution >= 0.6 is 23.5 Å². The summed E-state index contributed by atoms with van der Waals surface area (Å²) in [5, 5.41) is 6.49. The summed E-state index contributed by atoms with van der Waals surface area (Å²) in [4.78, 5) is 13.5. The molecule has 118 valence electrons. The van der Waals surface area contributed by atoms with Crippen molar-refractivity contribution in [3.05, 3.63) is 41.7 Å². The SMILES string of the molecule is CCC(SCc1ccc(SC)cc1)C(=O)Nc1cc(C)on1. The van der Waals surface area contributed by atoms with Crippen LogP contribution in [-0.2, 0) is 10.5 Å². The Labute approximate surface area is 139 Å². The first-order valence-electron chi connectivity index (χ1n) is 7.11. The van der Waals surface area contributed by atoms with Gasteiger partial charge in [0, 0.05) is 16.7 Å². The van der Waals surface area contributed by atoms with Gasteiger partial charge in [-0.1, -0.05) is 24.2 Å². The summed E-state index contributed by atoms with van der Waals surface area (Å²) < 4.78 is 4.96. The summed E-state index contributed by atoms with van der Waals surface area (Å²) in [6.45, 7) is 3.81. The molecule has 2 rings (SSSR count). The molecule has 0 aliphatic heterocycles. The Morgan fingerprint density at radius 1 is 1.36 bits per heavy atom. The average molecular weight is 336 g/mol. The van der Waals surface area contributed by atoms with Gasteiger partial charge < -0.3 is 9.84 Å². The van der Waals surface area contributed by atoms with Gasteiger partial charge >= 0.3 is 0 Å². The minimum atomic E-state index is -0.0998. The number of carbonyl (C=O) groups excluding carboxylic acids is 1. The molecule has 0 fully saturated rings. The third-order valence-corrected chi connectivity index (χ3v) is 5.35. The van der Waals surface area contributed by atoms with Gasteiger partial charge in [-0.25, -0.2) is 0 Å². The van der Waals surface area contributed by atoms with Gasteiger partial charge in [0.2, 0.25) is 5.91 Å². The third-order valence-electron chi connectivity index (χ3n) is 3.15. The van der Waals surface area contributed by atoms with Gasteiger partial charge in [0.15, 0.2) is 5.82 Å². The van der Waals surface area contributed by atoms with Crippen LogP contribution in [-0.4, -0.2) is 22.6 Å². The molecule has 0 radical (unpaired) electrons. The monoisotopic (exact) mass is 336 g/mol. The van der Waals surface area contributed by atoms with Crippen molar-refractivity contribution in [1.82, 2.24) is 5.16 Å². The van der Waals surface area contributed by atoms with Crippen molar-refractivity contribution < 1.29 is 9.32 Å². The highest BCUT2D eigenvalue weighted by atomic mass is 32.2. The van der Waals surface area contributed by atoms with Crippen molar-refractivity contribution in [3.63, 3.8) is 0 Å². The summed E-state index contributed by atoms with van der Waals surface area (Å²) in [5.41, 5.74) is 1.23. The number of benzene rings is 1. The molecule has 0 spiro atoms. The Morgan fingerprint density at radius 2 is 2.09 bits per heavy atom. The second-order valence-electron chi connectivity index (χ2n) is 4.87. The molecule has 1 aromatic heterocycles. The van der Waals surface area contributed by atoms with Gasteiger partial charge in [0.25, 0.3) is 0 Å².